The van der Waals surface area contributed by atoms with Gasteiger partial charge in [-0.05, 0) is 40.4 Å². The van der Waals surface area contributed by atoms with E-state index < -0.39 is 5.69 Å². The van der Waals surface area contributed by atoms with Crippen molar-refractivity contribution in [1.82, 2.24) is 20.1 Å². The zero-order valence-corrected chi connectivity index (χ0v) is 10.1. The number of unbranched alkanes of at least 4 members (excludes halogenated alkanes) is 1. The van der Waals surface area contributed by atoms with E-state index in [0.717, 1.165) is 25.9 Å². The summed E-state index contributed by atoms with van der Waals surface area (Å²) in [6.07, 6.45) is 2.17. The van der Waals surface area contributed by atoms with Gasteiger partial charge in [-0.1, -0.05) is 0 Å². The Labute approximate surface area is 95.1 Å². The van der Waals surface area contributed by atoms with Gasteiger partial charge in [-0.15, -0.1) is 0 Å². The van der Waals surface area contributed by atoms with Gasteiger partial charge in [0, 0.05) is 6.54 Å². The normalized spacial score (nSPS) is 10.8. The number of hydrogen-bond acceptors (Lipinski definition) is 5. The molecule has 0 aliphatic rings. The first kappa shape index (κ1) is 12.6. The van der Waals surface area contributed by atoms with Crippen LogP contribution in [0.3, 0.4) is 0 Å². The quantitative estimate of drug-likeness (QED) is 0.678. The summed E-state index contributed by atoms with van der Waals surface area (Å²) in [6.45, 7) is 3.69. The average molecular weight is 225 g/mol. The average Bonchev–Trinajstić information content (AvgIpc) is 2.22. The van der Waals surface area contributed by atoms with Crippen LogP contribution in [0.25, 0.3) is 0 Å². The van der Waals surface area contributed by atoms with Crippen LogP contribution < -0.4 is 11.0 Å². The Bertz CT molecular complexity index is 374. The number of H-pyrrole nitrogens is 1. The fraction of sp³-hybridized carbons (Fsp3) is 0.700. The molecule has 2 N–H and O–H groups in total. The summed E-state index contributed by atoms with van der Waals surface area (Å²) in [6, 6.07) is 0. The summed E-state index contributed by atoms with van der Waals surface area (Å²) in [5.41, 5.74) is 0.300. The van der Waals surface area contributed by atoms with E-state index in [4.69, 9.17) is 0 Å². The van der Waals surface area contributed by atoms with Crippen molar-refractivity contribution in [3.63, 3.8) is 0 Å². The number of rotatable bonds is 6. The molecule has 16 heavy (non-hydrogen) atoms. The maximum atomic E-state index is 10.9. The highest BCUT2D eigenvalue weighted by Crippen LogP contribution is 2.03. The SMILES string of the molecule is Cc1n[nH]c(=O)nc1NCCCCN(C)C. The number of aromatic amines is 1. The number of anilines is 1. The van der Waals surface area contributed by atoms with Crippen LogP contribution in [0, 0.1) is 6.92 Å². The lowest BCUT2D eigenvalue weighted by Gasteiger charge is -2.09. The van der Waals surface area contributed by atoms with Gasteiger partial charge >= 0.3 is 5.69 Å². The minimum atomic E-state index is -0.415. The van der Waals surface area contributed by atoms with Gasteiger partial charge in [0.15, 0.2) is 5.82 Å². The van der Waals surface area contributed by atoms with Crippen molar-refractivity contribution in [2.45, 2.75) is 19.8 Å². The van der Waals surface area contributed by atoms with Crippen molar-refractivity contribution in [2.24, 2.45) is 0 Å². The smallest absolute Gasteiger partial charge is 0.363 e. The van der Waals surface area contributed by atoms with Crippen molar-refractivity contribution in [3.05, 3.63) is 16.2 Å². The van der Waals surface area contributed by atoms with Crippen molar-refractivity contribution in [3.8, 4) is 0 Å². The van der Waals surface area contributed by atoms with E-state index in [1.807, 2.05) is 6.92 Å². The highest BCUT2D eigenvalue weighted by atomic mass is 16.1. The van der Waals surface area contributed by atoms with Crippen LogP contribution in [0.1, 0.15) is 18.5 Å². The van der Waals surface area contributed by atoms with E-state index in [-0.39, 0.29) is 0 Å². The predicted octanol–water partition coefficient (Wildman–Crippen LogP) is 0.227. The summed E-state index contributed by atoms with van der Waals surface area (Å²) >= 11 is 0. The Balaban J connectivity index is 2.32. The molecule has 0 bridgehead atoms. The molecular weight excluding hydrogens is 206 g/mol. The van der Waals surface area contributed by atoms with Gasteiger partial charge < -0.3 is 10.2 Å². The maximum Gasteiger partial charge on any atom is 0.363 e. The largest absolute Gasteiger partial charge is 0.368 e. The summed E-state index contributed by atoms with van der Waals surface area (Å²) in [4.78, 5) is 16.9. The predicted molar refractivity (Wildman–Crippen MR) is 63.7 cm³/mol. The molecule has 1 aromatic rings. The molecule has 0 amide bonds. The Hall–Kier alpha value is -1.43. The minimum absolute atomic E-state index is 0.415. The van der Waals surface area contributed by atoms with Crippen LogP contribution in [0.15, 0.2) is 4.79 Å². The van der Waals surface area contributed by atoms with E-state index in [2.05, 4.69) is 39.5 Å². The van der Waals surface area contributed by atoms with Crippen LogP contribution in [-0.2, 0) is 0 Å². The van der Waals surface area contributed by atoms with E-state index in [0.29, 0.717) is 11.5 Å². The van der Waals surface area contributed by atoms with E-state index in [9.17, 15) is 4.79 Å². The summed E-state index contributed by atoms with van der Waals surface area (Å²) < 4.78 is 0. The second-order valence-corrected chi connectivity index (χ2v) is 4.01. The fourth-order valence-corrected chi connectivity index (χ4v) is 1.32. The minimum Gasteiger partial charge on any atom is -0.368 e. The summed E-state index contributed by atoms with van der Waals surface area (Å²) in [5, 5.41) is 9.24. The molecule has 0 aromatic carbocycles. The maximum absolute atomic E-state index is 10.9. The molecule has 1 aromatic heterocycles. The molecule has 0 radical (unpaired) electrons. The molecule has 0 saturated heterocycles. The van der Waals surface area contributed by atoms with Crippen molar-refractivity contribution >= 4 is 5.82 Å². The molecule has 1 heterocycles. The van der Waals surface area contributed by atoms with Gasteiger partial charge in [0.25, 0.3) is 0 Å². The molecule has 6 nitrogen and oxygen atoms in total. The van der Waals surface area contributed by atoms with Gasteiger partial charge in [-0.3, -0.25) is 0 Å². The molecule has 90 valence electrons. The molecule has 1 rings (SSSR count). The monoisotopic (exact) mass is 225 g/mol. The molecular formula is C10H19N5O. The van der Waals surface area contributed by atoms with Crippen molar-refractivity contribution in [2.75, 3.05) is 32.5 Å². The highest BCUT2D eigenvalue weighted by Gasteiger charge is 2.01. The number of aryl methyl sites for hydroxylation is 1. The van der Waals surface area contributed by atoms with Crippen LogP contribution in [0.4, 0.5) is 5.82 Å². The lowest BCUT2D eigenvalue weighted by molar-refractivity contribution is 0.396. The third kappa shape index (κ3) is 4.39. The molecule has 0 fully saturated rings. The first-order chi connectivity index (χ1) is 7.59. The second-order valence-electron chi connectivity index (χ2n) is 4.01. The number of nitrogens with one attached hydrogen (secondary N) is 2. The van der Waals surface area contributed by atoms with Gasteiger partial charge in [-0.2, -0.15) is 10.1 Å². The topological polar surface area (TPSA) is 73.9 Å². The number of hydrogen-bond donors (Lipinski definition) is 2. The zero-order valence-electron chi connectivity index (χ0n) is 10.1. The second kappa shape index (κ2) is 6.22. The third-order valence-corrected chi connectivity index (χ3v) is 2.20. The Kier molecular flexibility index (Phi) is 4.91. The van der Waals surface area contributed by atoms with Crippen molar-refractivity contribution in [1.29, 1.82) is 0 Å². The van der Waals surface area contributed by atoms with Crippen LogP contribution in [-0.4, -0.2) is 47.3 Å². The first-order valence-electron chi connectivity index (χ1n) is 5.41. The lowest BCUT2D eigenvalue weighted by atomic mass is 10.3. The summed E-state index contributed by atoms with van der Waals surface area (Å²) in [7, 11) is 4.11. The molecule has 0 unspecified atom stereocenters. The van der Waals surface area contributed by atoms with Crippen LogP contribution in [0.2, 0.25) is 0 Å². The molecule has 6 heteroatoms. The summed E-state index contributed by atoms with van der Waals surface area (Å²) in [5.74, 6) is 0.577. The van der Waals surface area contributed by atoms with Gasteiger partial charge in [0.05, 0.1) is 0 Å². The van der Waals surface area contributed by atoms with Gasteiger partial charge in [0.2, 0.25) is 0 Å². The van der Waals surface area contributed by atoms with E-state index >= 15 is 0 Å². The lowest BCUT2D eigenvalue weighted by Crippen LogP contribution is -2.18. The molecule has 0 aliphatic carbocycles. The van der Waals surface area contributed by atoms with E-state index in [1.54, 1.807) is 0 Å². The van der Waals surface area contributed by atoms with Crippen LogP contribution in [0.5, 0.6) is 0 Å². The standard InChI is InChI=1S/C10H19N5O/c1-8-9(12-10(16)14-13-8)11-6-4-5-7-15(2)3/h4-7H2,1-3H3,(H2,11,12,14,16). The third-order valence-electron chi connectivity index (χ3n) is 2.20. The Morgan fingerprint density at radius 2 is 2.12 bits per heavy atom. The van der Waals surface area contributed by atoms with Crippen molar-refractivity contribution < 1.29 is 0 Å². The zero-order chi connectivity index (χ0) is 12.0. The van der Waals surface area contributed by atoms with Gasteiger partial charge in [-0.25, -0.2) is 9.89 Å². The molecule has 0 aliphatic heterocycles. The first-order valence-corrected chi connectivity index (χ1v) is 5.41. The highest BCUT2D eigenvalue weighted by molar-refractivity contribution is 5.37. The molecule has 0 spiro atoms. The van der Waals surface area contributed by atoms with Crippen LogP contribution >= 0.6 is 0 Å². The Morgan fingerprint density at radius 1 is 1.38 bits per heavy atom. The Morgan fingerprint density at radius 3 is 2.81 bits per heavy atom. The number of nitrogens with zero attached hydrogens (tertiary/aromatic N) is 3. The molecule has 0 saturated carbocycles. The molecule has 0 atom stereocenters. The van der Waals surface area contributed by atoms with E-state index in [1.165, 1.54) is 0 Å². The fourth-order valence-electron chi connectivity index (χ4n) is 1.32. The van der Waals surface area contributed by atoms with Gasteiger partial charge in [0.1, 0.15) is 5.69 Å². The number of aromatic nitrogens is 3.